The number of aromatic nitrogens is 2. The SMILES string of the molecule is CCc1cccc(-c2cnc3[nH]cc(S(N)(=O)=O)c3c2)c1. The molecule has 0 aliphatic carbocycles. The largest absolute Gasteiger partial charge is 0.345 e. The van der Waals surface area contributed by atoms with Crippen LogP contribution in [0.3, 0.4) is 0 Å². The van der Waals surface area contributed by atoms with Crippen molar-refractivity contribution in [2.24, 2.45) is 5.14 Å². The van der Waals surface area contributed by atoms with Crippen molar-refractivity contribution in [2.45, 2.75) is 18.2 Å². The summed E-state index contributed by atoms with van der Waals surface area (Å²) in [4.78, 5) is 7.17. The molecule has 3 N–H and O–H groups in total. The first-order valence-electron chi connectivity index (χ1n) is 6.58. The lowest BCUT2D eigenvalue weighted by Crippen LogP contribution is -2.11. The first kappa shape index (κ1) is 13.8. The molecule has 6 heteroatoms. The van der Waals surface area contributed by atoms with Crippen LogP contribution in [0.1, 0.15) is 12.5 Å². The lowest BCUT2D eigenvalue weighted by molar-refractivity contribution is 0.598. The summed E-state index contributed by atoms with van der Waals surface area (Å²) in [6.07, 6.45) is 4.04. The molecule has 0 bridgehead atoms. The summed E-state index contributed by atoms with van der Waals surface area (Å²) in [6.45, 7) is 2.09. The lowest BCUT2D eigenvalue weighted by atomic mass is 10.0. The van der Waals surface area contributed by atoms with Crippen LogP contribution in [0.25, 0.3) is 22.2 Å². The van der Waals surface area contributed by atoms with Crippen LogP contribution in [-0.2, 0) is 16.4 Å². The summed E-state index contributed by atoms with van der Waals surface area (Å²) in [5, 5.41) is 5.74. The van der Waals surface area contributed by atoms with Gasteiger partial charge in [0.05, 0.1) is 0 Å². The monoisotopic (exact) mass is 301 g/mol. The molecule has 3 rings (SSSR count). The first-order chi connectivity index (χ1) is 9.99. The fraction of sp³-hybridized carbons (Fsp3) is 0.133. The van der Waals surface area contributed by atoms with Gasteiger partial charge >= 0.3 is 0 Å². The van der Waals surface area contributed by atoms with Crippen LogP contribution < -0.4 is 5.14 Å². The molecule has 2 aromatic heterocycles. The number of benzene rings is 1. The molecule has 0 radical (unpaired) electrons. The number of H-pyrrole nitrogens is 1. The maximum Gasteiger partial charge on any atom is 0.240 e. The van der Waals surface area contributed by atoms with Gasteiger partial charge < -0.3 is 4.98 Å². The van der Waals surface area contributed by atoms with Crippen molar-refractivity contribution in [3.63, 3.8) is 0 Å². The number of nitrogens with two attached hydrogens (primary N) is 1. The molecule has 2 heterocycles. The van der Waals surface area contributed by atoms with Gasteiger partial charge in [-0.3, -0.25) is 0 Å². The Labute approximate surface area is 122 Å². The van der Waals surface area contributed by atoms with E-state index in [1.807, 2.05) is 12.1 Å². The topological polar surface area (TPSA) is 88.8 Å². The van der Waals surface area contributed by atoms with Gasteiger partial charge in [-0.1, -0.05) is 31.2 Å². The number of nitrogens with one attached hydrogen (secondary N) is 1. The number of rotatable bonds is 3. The van der Waals surface area contributed by atoms with Gasteiger partial charge in [0.2, 0.25) is 10.0 Å². The van der Waals surface area contributed by atoms with E-state index in [0.717, 1.165) is 17.5 Å². The van der Waals surface area contributed by atoms with Gasteiger partial charge in [0.15, 0.2) is 0 Å². The van der Waals surface area contributed by atoms with Crippen molar-refractivity contribution >= 4 is 21.1 Å². The van der Waals surface area contributed by atoms with Crippen molar-refractivity contribution in [3.05, 3.63) is 48.3 Å². The third kappa shape index (κ3) is 2.55. The van der Waals surface area contributed by atoms with Crippen LogP contribution in [0.15, 0.2) is 47.6 Å². The van der Waals surface area contributed by atoms with Gasteiger partial charge in [-0.05, 0) is 23.6 Å². The zero-order valence-corrected chi connectivity index (χ0v) is 12.3. The average Bonchev–Trinajstić information content (AvgIpc) is 2.90. The quantitative estimate of drug-likeness (QED) is 0.778. The van der Waals surface area contributed by atoms with E-state index < -0.39 is 10.0 Å². The molecule has 0 aliphatic rings. The number of aryl methyl sites for hydroxylation is 1. The minimum Gasteiger partial charge on any atom is -0.345 e. The molecule has 0 saturated heterocycles. The van der Waals surface area contributed by atoms with Crippen molar-refractivity contribution in [1.29, 1.82) is 0 Å². The number of pyridine rings is 1. The summed E-state index contributed by atoms with van der Waals surface area (Å²) >= 11 is 0. The van der Waals surface area contributed by atoms with E-state index in [4.69, 9.17) is 5.14 Å². The fourth-order valence-electron chi connectivity index (χ4n) is 2.34. The van der Waals surface area contributed by atoms with Crippen molar-refractivity contribution in [3.8, 4) is 11.1 Å². The number of hydrogen-bond acceptors (Lipinski definition) is 3. The summed E-state index contributed by atoms with van der Waals surface area (Å²) < 4.78 is 23.2. The minimum absolute atomic E-state index is 0.0681. The van der Waals surface area contributed by atoms with Crippen molar-refractivity contribution < 1.29 is 8.42 Å². The van der Waals surface area contributed by atoms with E-state index in [2.05, 4.69) is 29.0 Å². The maximum atomic E-state index is 11.6. The van der Waals surface area contributed by atoms with Gasteiger partial charge in [-0.15, -0.1) is 0 Å². The van der Waals surface area contributed by atoms with E-state index in [0.29, 0.717) is 11.0 Å². The number of primary sulfonamides is 1. The zero-order valence-electron chi connectivity index (χ0n) is 11.5. The Morgan fingerprint density at radius 1 is 1.24 bits per heavy atom. The fourth-order valence-corrected chi connectivity index (χ4v) is 3.03. The Morgan fingerprint density at radius 2 is 2.05 bits per heavy atom. The third-order valence-corrected chi connectivity index (χ3v) is 4.42. The Hall–Kier alpha value is -2.18. The van der Waals surface area contributed by atoms with E-state index in [1.54, 1.807) is 12.3 Å². The van der Waals surface area contributed by atoms with Crippen LogP contribution in [0.2, 0.25) is 0 Å². The molecule has 0 amide bonds. The van der Waals surface area contributed by atoms with Gasteiger partial charge in [-0.2, -0.15) is 0 Å². The number of sulfonamides is 1. The Kier molecular flexibility index (Phi) is 3.27. The Morgan fingerprint density at radius 3 is 2.76 bits per heavy atom. The molecule has 21 heavy (non-hydrogen) atoms. The summed E-state index contributed by atoms with van der Waals surface area (Å²) in [5.74, 6) is 0. The molecule has 1 aromatic carbocycles. The van der Waals surface area contributed by atoms with Gasteiger partial charge in [0.25, 0.3) is 0 Å². The highest BCUT2D eigenvalue weighted by molar-refractivity contribution is 7.89. The number of aromatic amines is 1. The molecule has 0 spiro atoms. The number of nitrogens with zero attached hydrogens (tertiary/aromatic N) is 1. The highest BCUT2D eigenvalue weighted by atomic mass is 32.2. The number of hydrogen-bond donors (Lipinski definition) is 2. The van der Waals surface area contributed by atoms with Crippen LogP contribution in [0, 0.1) is 0 Å². The lowest BCUT2D eigenvalue weighted by Gasteiger charge is -2.04. The highest BCUT2D eigenvalue weighted by Crippen LogP contribution is 2.27. The predicted molar refractivity (Wildman–Crippen MR) is 82.3 cm³/mol. The normalized spacial score (nSPS) is 11.9. The summed E-state index contributed by atoms with van der Waals surface area (Å²) in [5.41, 5.74) is 3.59. The Balaban J connectivity index is 2.20. The van der Waals surface area contributed by atoms with Crippen molar-refractivity contribution in [2.75, 3.05) is 0 Å². The first-order valence-corrected chi connectivity index (χ1v) is 8.13. The van der Waals surface area contributed by atoms with E-state index in [9.17, 15) is 8.42 Å². The highest BCUT2D eigenvalue weighted by Gasteiger charge is 2.15. The van der Waals surface area contributed by atoms with Crippen LogP contribution >= 0.6 is 0 Å². The second kappa shape index (κ2) is 4.98. The molecular weight excluding hydrogens is 286 g/mol. The van der Waals surface area contributed by atoms with Crippen molar-refractivity contribution in [1.82, 2.24) is 9.97 Å². The molecule has 3 aromatic rings. The molecule has 0 fully saturated rings. The van der Waals surface area contributed by atoms with E-state index >= 15 is 0 Å². The molecule has 5 nitrogen and oxygen atoms in total. The Bertz CT molecular complexity index is 914. The van der Waals surface area contributed by atoms with Crippen LogP contribution in [0.4, 0.5) is 0 Å². The molecule has 0 aliphatic heterocycles. The third-order valence-electron chi connectivity index (χ3n) is 3.47. The molecule has 108 valence electrons. The molecule has 0 atom stereocenters. The second-order valence-electron chi connectivity index (χ2n) is 4.87. The van der Waals surface area contributed by atoms with E-state index in [1.165, 1.54) is 11.8 Å². The minimum atomic E-state index is -3.77. The molecule has 0 unspecified atom stereocenters. The molecule has 0 saturated carbocycles. The summed E-state index contributed by atoms with van der Waals surface area (Å²) in [7, 11) is -3.77. The van der Waals surface area contributed by atoms with Crippen LogP contribution in [-0.4, -0.2) is 18.4 Å². The summed E-state index contributed by atoms with van der Waals surface area (Å²) in [6, 6.07) is 9.89. The van der Waals surface area contributed by atoms with Crippen LogP contribution in [0.5, 0.6) is 0 Å². The zero-order chi connectivity index (χ0) is 15.0. The predicted octanol–water partition coefficient (Wildman–Crippen LogP) is 2.44. The van der Waals surface area contributed by atoms with Gasteiger partial charge in [0, 0.05) is 23.3 Å². The standard InChI is InChI=1S/C15H15N3O2S/c1-2-10-4-3-5-11(6-10)12-7-13-14(21(16,19)20)9-18-15(13)17-8-12/h3-9H,2H2,1H3,(H,17,18)(H2,16,19,20). The average molecular weight is 301 g/mol. The van der Waals surface area contributed by atoms with Gasteiger partial charge in [-0.25, -0.2) is 18.5 Å². The maximum absolute atomic E-state index is 11.6. The second-order valence-corrected chi connectivity index (χ2v) is 6.40. The van der Waals surface area contributed by atoms with E-state index in [-0.39, 0.29) is 4.90 Å². The van der Waals surface area contributed by atoms with Gasteiger partial charge in [0.1, 0.15) is 10.5 Å². The molecular formula is C15H15N3O2S. The number of fused-ring (bicyclic) bond motifs is 1. The smallest absolute Gasteiger partial charge is 0.240 e.